The van der Waals surface area contributed by atoms with Crippen molar-refractivity contribution in [3.8, 4) is 0 Å². The number of hydrogen-bond acceptors (Lipinski definition) is 4. The summed E-state index contributed by atoms with van der Waals surface area (Å²) >= 11 is 0. The summed E-state index contributed by atoms with van der Waals surface area (Å²) < 4.78 is 5.79. The first-order valence-corrected chi connectivity index (χ1v) is 9.35. The summed E-state index contributed by atoms with van der Waals surface area (Å²) in [5.41, 5.74) is 2.94. The highest BCUT2D eigenvalue weighted by Gasteiger charge is 2.27. The molecule has 0 radical (unpaired) electrons. The Kier molecular flexibility index (Phi) is 5.16. The third-order valence-corrected chi connectivity index (χ3v) is 4.69. The normalized spacial score (nSPS) is 11.8. The van der Waals surface area contributed by atoms with Crippen LogP contribution in [0.1, 0.15) is 38.1 Å². The molecule has 0 saturated carbocycles. The van der Waals surface area contributed by atoms with Gasteiger partial charge in [-0.1, -0.05) is 78.9 Å². The first-order valence-electron chi connectivity index (χ1n) is 9.35. The number of benzene rings is 3. The molecule has 0 aliphatic heterocycles. The Hall–Kier alpha value is -3.79. The highest BCUT2D eigenvalue weighted by Crippen LogP contribution is 2.26. The van der Waals surface area contributed by atoms with Crippen molar-refractivity contribution in [1.82, 2.24) is 4.98 Å². The van der Waals surface area contributed by atoms with Crippen LogP contribution in [0.3, 0.4) is 0 Å². The fourth-order valence-electron chi connectivity index (χ4n) is 3.30. The topological polar surface area (TPSA) is 56.3 Å². The van der Waals surface area contributed by atoms with Gasteiger partial charge in [-0.05, 0) is 19.1 Å². The molecular formula is C25H19NO3. The van der Waals surface area contributed by atoms with E-state index in [0.29, 0.717) is 33.3 Å². The Morgan fingerprint density at radius 1 is 0.828 bits per heavy atom. The van der Waals surface area contributed by atoms with E-state index in [4.69, 9.17) is 4.74 Å². The molecule has 0 bridgehead atoms. The third-order valence-electron chi connectivity index (χ3n) is 4.69. The van der Waals surface area contributed by atoms with Crippen LogP contribution in [0.5, 0.6) is 0 Å². The second-order valence-corrected chi connectivity index (χ2v) is 6.75. The Bertz CT molecular complexity index is 1170. The van der Waals surface area contributed by atoms with E-state index in [1.807, 2.05) is 55.5 Å². The lowest BCUT2D eigenvalue weighted by Gasteiger charge is -2.18. The fraction of sp³-hybridized carbons (Fsp3) is 0.0800. The first kappa shape index (κ1) is 18.6. The quantitative estimate of drug-likeness (QED) is 0.347. The number of aromatic nitrogens is 1. The van der Waals surface area contributed by atoms with E-state index < -0.39 is 12.1 Å². The second-order valence-electron chi connectivity index (χ2n) is 6.75. The number of carbonyl (C=O) groups excluding carboxylic acids is 2. The number of esters is 1. The van der Waals surface area contributed by atoms with Gasteiger partial charge in [0, 0.05) is 22.2 Å². The van der Waals surface area contributed by atoms with Crippen LogP contribution in [-0.4, -0.2) is 16.7 Å². The zero-order valence-corrected chi connectivity index (χ0v) is 15.9. The van der Waals surface area contributed by atoms with Crippen molar-refractivity contribution >= 4 is 22.7 Å². The zero-order chi connectivity index (χ0) is 20.2. The molecule has 1 atom stereocenters. The van der Waals surface area contributed by atoms with Gasteiger partial charge >= 0.3 is 5.97 Å². The summed E-state index contributed by atoms with van der Waals surface area (Å²) in [6.07, 6.45) is -1.03. The maximum Gasteiger partial charge on any atom is 0.339 e. The predicted octanol–water partition coefficient (Wildman–Crippen LogP) is 5.32. The standard InChI is InChI=1S/C25H19NO3/c1-17-16-21(20-14-8-9-15-22(20)26-17)25(28)29-24(19-12-6-3-7-13-19)23(27)18-10-4-2-5-11-18/h2-16,24H,1H3/t24-/m0/s1. The lowest BCUT2D eigenvalue weighted by Crippen LogP contribution is -2.20. The summed E-state index contributed by atoms with van der Waals surface area (Å²) in [7, 11) is 0. The molecule has 0 amide bonds. The van der Waals surface area contributed by atoms with Crippen molar-refractivity contribution in [2.75, 3.05) is 0 Å². The molecular weight excluding hydrogens is 362 g/mol. The minimum absolute atomic E-state index is 0.264. The van der Waals surface area contributed by atoms with Gasteiger partial charge in [0.05, 0.1) is 11.1 Å². The van der Waals surface area contributed by atoms with Crippen molar-refractivity contribution < 1.29 is 14.3 Å². The molecule has 0 fully saturated rings. The first-order chi connectivity index (χ1) is 14.1. The van der Waals surface area contributed by atoms with Crippen LogP contribution in [0, 0.1) is 6.92 Å². The molecule has 4 nitrogen and oxygen atoms in total. The number of ether oxygens (including phenoxy) is 1. The van der Waals surface area contributed by atoms with Gasteiger partial charge in [0.15, 0.2) is 6.10 Å². The van der Waals surface area contributed by atoms with Crippen LogP contribution in [0.4, 0.5) is 0 Å². The number of hydrogen-bond donors (Lipinski definition) is 0. The monoisotopic (exact) mass is 381 g/mol. The SMILES string of the molecule is Cc1cc(C(=O)O[C@H](C(=O)c2ccccc2)c2ccccc2)c2ccccc2n1. The van der Waals surface area contributed by atoms with Gasteiger partial charge in [0.1, 0.15) is 0 Å². The van der Waals surface area contributed by atoms with E-state index in [-0.39, 0.29) is 5.78 Å². The summed E-state index contributed by atoms with van der Waals surface area (Å²) in [5.74, 6) is -0.815. The molecule has 0 unspecified atom stereocenters. The van der Waals surface area contributed by atoms with Gasteiger partial charge in [0.2, 0.25) is 5.78 Å². The molecule has 0 N–H and O–H groups in total. The number of fused-ring (bicyclic) bond motifs is 1. The van der Waals surface area contributed by atoms with Crippen LogP contribution >= 0.6 is 0 Å². The number of nitrogens with zero attached hydrogens (tertiary/aromatic N) is 1. The maximum absolute atomic E-state index is 13.2. The highest BCUT2D eigenvalue weighted by atomic mass is 16.5. The summed E-state index contributed by atoms with van der Waals surface area (Å²) in [6, 6.07) is 27.0. The van der Waals surface area contributed by atoms with Gasteiger partial charge in [-0.3, -0.25) is 9.78 Å². The number of rotatable bonds is 5. The molecule has 4 rings (SSSR count). The minimum atomic E-state index is -1.03. The lowest BCUT2D eigenvalue weighted by atomic mass is 9.99. The van der Waals surface area contributed by atoms with Crippen LogP contribution in [-0.2, 0) is 4.74 Å². The Morgan fingerprint density at radius 2 is 1.45 bits per heavy atom. The average Bonchev–Trinajstić information content (AvgIpc) is 2.77. The number of aryl methyl sites for hydroxylation is 1. The largest absolute Gasteiger partial charge is 0.445 e. The fourth-order valence-corrected chi connectivity index (χ4v) is 3.30. The highest BCUT2D eigenvalue weighted by molar-refractivity contribution is 6.06. The number of pyridine rings is 1. The molecule has 4 heteroatoms. The van der Waals surface area contributed by atoms with Gasteiger partial charge in [-0.25, -0.2) is 4.79 Å². The molecule has 3 aromatic carbocycles. The molecule has 142 valence electrons. The molecule has 4 aromatic rings. The Balaban J connectivity index is 1.74. The summed E-state index contributed by atoms with van der Waals surface area (Å²) in [5, 5.41) is 0.696. The molecule has 0 aliphatic carbocycles. The average molecular weight is 381 g/mol. The minimum Gasteiger partial charge on any atom is -0.445 e. The molecule has 1 heterocycles. The van der Waals surface area contributed by atoms with Crippen molar-refractivity contribution in [2.24, 2.45) is 0 Å². The van der Waals surface area contributed by atoms with Gasteiger partial charge in [0.25, 0.3) is 0 Å². The zero-order valence-electron chi connectivity index (χ0n) is 15.9. The van der Waals surface area contributed by atoms with E-state index in [2.05, 4.69) is 4.98 Å². The molecule has 1 aromatic heterocycles. The molecule has 0 aliphatic rings. The Morgan fingerprint density at radius 3 is 2.17 bits per heavy atom. The smallest absolute Gasteiger partial charge is 0.339 e. The molecule has 0 spiro atoms. The van der Waals surface area contributed by atoms with Crippen molar-refractivity contribution in [2.45, 2.75) is 13.0 Å². The number of carbonyl (C=O) groups is 2. The van der Waals surface area contributed by atoms with Crippen LogP contribution in [0.2, 0.25) is 0 Å². The Labute approximate surface area is 168 Å². The lowest BCUT2D eigenvalue weighted by molar-refractivity contribution is 0.0282. The van der Waals surface area contributed by atoms with Crippen molar-refractivity contribution in [3.05, 3.63) is 113 Å². The molecule has 29 heavy (non-hydrogen) atoms. The van der Waals surface area contributed by atoms with E-state index in [1.165, 1.54) is 0 Å². The third kappa shape index (κ3) is 3.92. The van der Waals surface area contributed by atoms with E-state index in [1.54, 1.807) is 42.5 Å². The van der Waals surface area contributed by atoms with Crippen LogP contribution < -0.4 is 0 Å². The summed E-state index contributed by atoms with van der Waals surface area (Å²) in [6.45, 7) is 1.83. The maximum atomic E-state index is 13.2. The number of para-hydroxylation sites is 1. The van der Waals surface area contributed by atoms with Gasteiger partial charge in [-0.15, -0.1) is 0 Å². The molecule has 0 saturated heterocycles. The van der Waals surface area contributed by atoms with Gasteiger partial charge in [-0.2, -0.15) is 0 Å². The van der Waals surface area contributed by atoms with Crippen LogP contribution in [0.25, 0.3) is 10.9 Å². The van der Waals surface area contributed by atoms with E-state index in [0.717, 1.165) is 0 Å². The predicted molar refractivity (Wildman–Crippen MR) is 112 cm³/mol. The van der Waals surface area contributed by atoms with E-state index >= 15 is 0 Å². The summed E-state index contributed by atoms with van der Waals surface area (Å²) in [4.78, 5) is 30.7. The van der Waals surface area contributed by atoms with Crippen molar-refractivity contribution in [1.29, 1.82) is 0 Å². The van der Waals surface area contributed by atoms with Crippen LogP contribution in [0.15, 0.2) is 91.0 Å². The van der Waals surface area contributed by atoms with E-state index in [9.17, 15) is 9.59 Å². The number of Topliss-reactive ketones (excluding diaryl/α,β-unsaturated/α-hetero) is 1. The second kappa shape index (κ2) is 8.07. The van der Waals surface area contributed by atoms with Crippen molar-refractivity contribution in [3.63, 3.8) is 0 Å². The number of ketones is 1. The van der Waals surface area contributed by atoms with Gasteiger partial charge < -0.3 is 4.74 Å².